The maximum absolute atomic E-state index is 11.8. The molecule has 0 fully saturated rings. The van der Waals surface area contributed by atoms with Crippen LogP contribution < -0.4 is 9.44 Å². The van der Waals surface area contributed by atoms with Gasteiger partial charge in [-0.3, -0.25) is 9.71 Å². The topological polar surface area (TPSA) is 71.1 Å². The van der Waals surface area contributed by atoms with E-state index in [0.717, 1.165) is 6.20 Å². The van der Waals surface area contributed by atoms with Gasteiger partial charge in [0.15, 0.2) is 0 Å². The Balaban J connectivity index is 2.71. The van der Waals surface area contributed by atoms with Crippen LogP contribution in [-0.2, 0) is 10.2 Å². The van der Waals surface area contributed by atoms with Gasteiger partial charge in [0, 0.05) is 6.20 Å². The van der Waals surface area contributed by atoms with E-state index in [2.05, 4.69) is 4.98 Å². The van der Waals surface area contributed by atoms with Gasteiger partial charge in [-0.05, 0) is 6.07 Å². The van der Waals surface area contributed by atoms with Crippen LogP contribution >= 0.6 is 11.6 Å². The van der Waals surface area contributed by atoms with Crippen molar-refractivity contribution >= 4 is 27.5 Å². The molecule has 0 aliphatic rings. The highest BCUT2D eigenvalue weighted by Gasteiger charge is 2.29. The van der Waals surface area contributed by atoms with E-state index in [1.807, 2.05) is 4.72 Å². The van der Waals surface area contributed by atoms with Gasteiger partial charge in [0.2, 0.25) is 0 Å². The molecule has 0 bridgehead atoms. The summed E-state index contributed by atoms with van der Waals surface area (Å²) >= 11 is 5.60. The SMILES string of the molecule is O=S(=O)(NCC(F)(F)F)Nc1cnccc1Cl. The van der Waals surface area contributed by atoms with Crippen LogP contribution in [0.1, 0.15) is 0 Å². The molecule has 0 aliphatic carbocycles. The van der Waals surface area contributed by atoms with Crippen molar-refractivity contribution in [2.75, 3.05) is 11.3 Å². The van der Waals surface area contributed by atoms with Crippen LogP contribution in [0.15, 0.2) is 18.5 Å². The average molecular weight is 290 g/mol. The summed E-state index contributed by atoms with van der Waals surface area (Å²) in [7, 11) is -4.33. The summed E-state index contributed by atoms with van der Waals surface area (Å²) in [6, 6.07) is 1.29. The molecule has 0 spiro atoms. The molecule has 0 aliphatic heterocycles. The van der Waals surface area contributed by atoms with Crippen molar-refractivity contribution in [3.05, 3.63) is 23.5 Å². The van der Waals surface area contributed by atoms with Gasteiger partial charge in [-0.1, -0.05) is 11.6 Å². The largest absolute Gasteiger partial charge is 0.402 e. The lowest BCUT2D eigenvalue weighted by molar-refractivity contribution is -0.121. The average Bonchev–Trinajstić information content (AvgIpc) is 2.18. The molecule has 1 heterocycles. The molecule has 5 nitrogen and oxygen atoms in total. The Bertz CT molecular complexity index is 491. The lowest BCUT2D eigenvalue weighted by Gasteiger charge is -2.11. The number of hydrogen-bond donors (Lipinski definition) is 2. The first-order chi connectivity index (χ1) is 7.70. The first kappa shape index (κ1) is 14.0. The first-order valence-corrected chi connectivity index (χ1v) is 5.99. The van der Waals surface area contributed by atoms with E-state index in [4.69, 9.17) is 11.6 Å². The summed E-state index contributed by atoms with van der Waals surface area (Å²) in [6.07, 6.45) is -2.24. The zero-order chi connectivity index (χ0) is 13.1. The number of nitrogens with zero attached hydrogens (tertiary/aromatic N) is 1. The monoisotopic (exact) mass is 289 g/mol. The number of rotatable bonds is 4. The maximum Gasteiger partial charge on any atom is 0.402 e. The van der Waals surface area contributed by atoms with Gasteiger partial charge in [-0.15, -0.1) is 0 Å². The van der Waals surface area contributed by atoms with Gasteiger partial charge in [0.1, 0.15) is 6.54 Å². The summed E-state index contributed by atoms with van der Waals surface area (Å²) in [4.78, 5) is 3.58. The normalized spacial score (nSPS) is 12.5. The molecule has 1 aromatic heterocycles. The van der Waals surface area contributed by atoms with Crippen LogP contribution in [0.25, 0.3) is 0 Å². The highest BCUT2D eigenvalue weighted by Crippen LogP contribution is 2.20. The Kier molecular flexibility index (Phi) is 4.17. The third-order valence-electron chi connectivity index (χ3n) is 1.47. The minimum atomic E-state index is -4.63. The van der Waals surface area contributed by atoms with Crippen LogP contribution in [0, 0.1) is 0 Å². The molecule has 1 rings (SSSR count). The zero-order valence-corrected chi connectivity index (χ0v) is 9.70. The summed E-state index contributed by atoms with van der Waals surface area (Å²) in [5.74, 6) is 0. The van der Waals surface area contributed by atoms with Gasteiger partial charge < -0.3 is 0 Å². The molecule has 0 saturated heterocycles. The lowest BCUT2D eigenvalue weighted by Crippen LogP contribution is -2.37. The number of nitrogens with one attached hydrogen (secondary N) is 2. The van der Waals surface area contributed by atoms with Crippen molar-refractivity contribution in [3.8, 4) is 0 Å². The Morgan fingerprint density at radius 1 is 1.41 bits per heavy atom. The summed E-state index contributed by atoms with van der Waals surface area (Å²) in [6.45, 7) is -1.67. The van der Waals surface area contributed by atoms with E-state index in [-0.39, 0.29) is 10.7 Å². The molecule has 0 aromatic carbocycles. The van der Waals surface area contributed by atoms with Crippen molar-refractivity contribution in [3.63, 3.8) is 0 Å². The van der Waals surface area contributed by atoms with Crippen molar-refractivity contribution in [2.24, 2.45) is 0 Å². The second kappa shape index (κ2) is 5.07. The number of pyridine rings is 1. The van der Waals surface area contributed by atoms with Gasteiger partial charge >= 0.3 is 6.18 Å². The summed E-state index contributed by atoms with van der Waals surface area (Å²) in [5, 5.41) is 0.0254. The second-order valence-electron chi connectivity index (χ2n) is 2.90. The smallest absolute Gasteiger partial charge is 0.268 e. The Labute approximate surface area is 100 Å². The van der Waals surface area contributed by atoms with Crippen molar-refractivity contribution < 1.29 is 21.6 Å². The second-order valence-corrected chi connectivity index (χ2v) is 4.80. The number of anilines is 1. The number of alkyl halides is 3. The van der Waals surface area contributed by atoms with E-state index < -0.39 is 22.9 Å². The molecule has 0 unspecified atom stereocenters. The zero-order valence-electron chi connectivity index (χ0n) is 8.12. The molecule has 0 saturated carbocycles. The molecule has 17 heavy (non-hydrogen) atoms. The first-order valence-electron chi connectivity index (χ1n) is 4.13. The van der Waals surface area contributed by atoms with E-state index in [1.165, 1.54) is 17.0 Å². The summed E-state index contributed by atoms with van der Waals surface area (Å²) < 4.78 is 61.0. The fourth-order valence-corrected chi connectivity index (χ4v) is 1.90. The van der Waals surface area contributed by atoms with Crippen molar-refractivity contribution in [1.82, 2.24) is 9.71 Å². The number of aromatic nitrogens is 1. The van der Waals surface area contributed by atoms with Crippen LogP contribution in [0.3, 0.4) is 0 Å². The van der Waals surface area contributed by atoms with Gasteiger partial charge in [0.05, 0.1) is 16.9 Å². The van der Waals surface area contributed by atoms with Crippen molar-refractivity contribution in [1.29, 1.82) is 0 Å². The number of halogens is 4. The van der Waals surface area contributed by atoms with E-state index in [1.54, 1.807) is 0 Å². The molecule has 96 valence electrons. The summed E-state index contributed by atoms with van der Waals surface area (Å²) in [5.41, 5.74) is -0.108. The standard InChI is InChI=1S/C7H7ClF3N3O2S/c8-5-1-2-12-3-6(5)14-17(15,16)13-4-7(9,10)11/h1-3,13-14H,4H2. The molecule has 1 aromatic rings. The molecule has 0 amide bonds. The van der Waals surface area contributed by atoms with Crippen LogP contribution in [-0.4, -0.2) is 26.1 Å². The van der Waals surface area contributed by atoms with E-state index in [9.17, 15) is 21.6 Å². The molecule has 2 N–H and O–H groups in total. The third-order valence-corrected chi connectivity index (χ3v) is 2.82. The quantitative estimate of drug-likeness (QED) is 0.883. The Morgan fingerprint density at radius 2 is 2.06 bits per heavy atom. The van der Waals surface area contributed by atoms with E-state index >= 15 is 0 Å². The molecule has 10 heteroatoms. The highest BCUT2D eigenvalue weighted by atomic mass is 35.5. The van der Waals surface area contributed by atoms with Crippen LogP contribution in [0.4, 0.5) is 18.9 Å². The molecule has 0 radical (unpaired) electrons. The van der Waals surface area contributed by atoms with Gasteiger partial charge in [-0.25, -0.2) is 0 Å². The lowest BCUT2D eigenvalue weighted by atomic mass is 10.4. The van der Waals surface area contributed by atoms with Gasteiger partial charge in [0.25, 0.3) is 10.2 Å². The van der Waals surface area contributed by atoms with Crippen molar-refractivity contribution in [2.45, 2.75) is 6.18 Å². The molecule has 0 atom stereocenters. The predicted octanol–water partition coefficient (Wildman–Crippen LogP) is 1.54. The maximum atomic E-state index is 11.8. The fourth-order valence-electron chi connectivity index (χ4n) is 0.810. The third kappa shape index (κ3) is 5.20. The van der Waals surface area contributed by atoms with Gasteiger partial charge in [-0.2, -0.15) is 26.3 Å². The minimum Gasteiger partial charge on any atom is -0.268 e. The predicted molar refractivity (Wildman–Crippen MR) is 55.8 cm³/mol. The Morgan fingerprint density at radius 3 is 2.59 bits per heavy atom. The molecular formula is C7H7ClF3N3O2S. The molecular weight excluding hydrogens is 283 g/mol. The highest BCUT2D eigenvalue weighted by molar-refractivity contribution is 7.90. The fraction of sp³-hybridized carbons (Fsp3) is 0.286. The van der Waals surface area contributed by atoms with E-state index in [0.29, 0.717) is 0 Å². The Hall–Kier alpha value is -1.06. The van der Waals surface area contributed by atoms with Crippen LogP contribution in [0.2, 0.25) is 5.02 Å². The minimum absolute atomic E-state index is 0.0254. The number of hydrogen-bond acceptors (Lipinski definition) is 3. The van der Waals surface area contributed by atoms with Crippen LogP contribution in [0.5, 0.6) is 0 Å².